The van der Waals surface area contributed by atoms with Crippen molar-refractivity contribution in [2.45, 2.75) is 20.8 Å². The van der Waals surface area contributed by atoms with Gasteiger partial charge in [-0.25, -0.2) is 4.68 Å². The molecule has 0 aliphatic heterocycles. The molecule has 1 heterocycles. The SMILES string of the molecule is COC(=O)C(C)CNC(=O)c1cc(C)n(-c2ccc(C)cc2)n1. The zero-order chi connectivity index (χ0) is 17.0. The van der Waals surface area contributed by atoms with E-state index in [-0.39, 0.29) is 18.4 Å². The third-order valence-electron chi connectivity index (χ3n) is 3.57. The maximum Gasteiger partial charge on any atom is 0.310 e. The minimum absolute atomic E-state index is 0.210. The molecule has 0 bridgehead atoms. The van der Waals surface area contributed by atoms with E-state index in [9.17, 15) is 9.59 Å². The molecule has 0 saturated heterocycles. The van der Waals surface area contributed by atoms with Crippen LogP contribution in [0.4, 0.5) is 0 Å². The predicted octanol–water partition coefficient (Wildman–Crippen LogP) is 2.03. The monoisotopic (exact) mass is 315 g/mol. The van der Waals surface area contributed by atoms with E-state index in [1.807, 2.05) is 38.1 Å². The van der Waals surface area contributed by atoms with Crippen molar-refractivity contribution >= 4 is 11.9 Å². The Kier molecular flexibility index (Phi) is 5.16. The van der Waals surface area contributed by atoms with Crippen LogP contribution in [0.3, 0.4) is 0 Å². The van der Waals surface area contributed by atoms with Gasteiger partial charge in [-0.1, -0.05) is 24.6 Å². The first-order valence-corrected chi connectivity index (χ1v) is 7.42. The molecule has 23 heavy (non-hydrogen) atoms. The van der Waals surface area contributed by atoms with E-state index < -0.39 is 5.92 Å². The third kappa shape index (κ3) is 3.97. The van der Waals surface area contributed by atoms with Crippen LogP contribution in [0.1, 0.15) is 28.7 Å². The van der Waals surface area contributed by atoms with Crippen LogP contribution >= 0.6 is 0 Å². The number of carbonyl (C=O) groups is 2. The normalized spacial score (nSPS) is 11.8. The number of hydrogen-bond acceptors (Lipinski definition) is 4. The van der Waals surface area contributed by atoms with Gasteiger partial charge in [0.2, 0.25) is 0 Å². The summed E-state index contributed by atoms with van der Waals surface area (Å²) in [5, 5.41) is 7.04. The van der Waals surface area contributed by atoms with E-state index in [0.717, 1.165) is 16.9 Å². The molecule has 1 aromatic heterocycles. The van der Waals surface area contributed by atoms with E-state index in [4.69, 9.17) is 0 Å². The molecule has 0 radical (unpaired) electrons. The smallest absolute Gasteiger partial charge is 0.310 e. The molecule has 2 rings (SSSR count). The maximum absolute atomic E-state index is 12.2. The van der Waals surface area contributed by atoms with Gasteiger partial charge < -0.3 is 10.1 Å². The van der Waals surface area contributed by atoms with Gasteiger partial charge >= 0.3 is 5.97 Å². The molecule has 0 aliphatic carbocycles. The Morgan fingerprint density at radius 1 is 1.26 bits per heavy atom. The molecular weight excluding hydrogens is 294 g/mol. The number of benzene rings is 1. The first kappa shape index (κ1) is 16.7. The molecule has 0 spiro atoms. The summed E-state index contributed by atoms with van der Waals surface area (Å²) in [5.74, 6) is -1.06. The number of nitrogens with zero attached hydrogens (tertiary/aromatic N) is 2. The third-order valence-corrected chi connectivity index (χ3v) is 3.57. The van der Waals surface area contributed by atoms with Crippen LogP contribution in [-0.4, -0.2) is 35.3 Å². The molecule has 122 valence electrons. The number of amides is 1. The molecule has 2 aromatic rings. The quantitative estimate of drug-likeness (QED) is 0.857. The molecule has 0 saturated carbocycles. The van der Waals surface area contributed by atoms with Crippen LogP contribution in [0.5, 0.6) is 0 Å². The van der Waals surface area contributed by atoms with E-state index in [1.165, 1.54) is 7.11 Å². The van der Waals surface area contributed by atoms with Crippen molar-refractivity contribution in [3.05, 3.63) is 47.3 Å². The molecule has 6 heteroatoms. The average Bonchev–Trinajstić information content (AvgIpc) is 2.94. The van der Waals surface area contributed by atoms with Gasteiger partial charge in [-0.15, -0.1) is 0 Å². The summed E-state index contributed by atoms with van der Waals surface area (Å²) in [5.41, 5.74) is 3.24. The van der Waals surface area contributed by atoms with Gasteiger partial charge in [0.25, 0.3) is 5.91 Å². The van der Waals surface area contributed by atoms with Crippen LogP contribution in [0.15, 0.2) is 30.3 Å². The highest BCUT2D eigenvalue weighted by Crippen LogP contribution is 2.13. The summed E-state index contributed by atoms with van der Waals surface area (Å²) < 4.78 is 6.35. The lowest BCUT2D eigenvalue weighted by molar-refractivity contribution is -0.144. The summed E-state index contributed by atoms with van der Waals surface area (Å²) in [4.78, 5) is 23.5. The van der Waals surface area contributed by atoms with Gasteiger partial charge in [-0.3, -0.25) is 9.59 Å². The summed E-state index contributed by atoms with van der Waals surface area (Å²) in [6.07, 6.45) is 0. The molecule has 1 aromatic carbocycles. The number of aryl methyl sites for hydroxylation is 2. The highest BCUT2D eigenvalue weighted by molar-refractivity contribution is 5.92. The Morgan fingerprint density at radius 2 is 1.91 bits per heavy atom. The first-order valence-electron chi connectivity index (χ1n) is 7.42. The number of hydrogen-bond donors (Lipinski definition) is 1. The Hall–Kier alpha value is -2.63. The summed E-state index contributed by atoms with van der Waals surface area (Å²) in [6, 6.07) is 9.62. The van der Waals surface area contributed by atoms with Crippen LogP contribution in [0.25, 0.3) is 5.69 Å². The van der Waals surface area contributed by atoms with Crippen molar-refractivity contribution in [3.8, 4) is 5.69 Å². The second kappa shape index (κ2) is 7.09. The lowest BCUT2D eigenvalue weighted by Crippen LogP contribution is -2.32. The summed E-state index contributed by atoms with van der Waals surface area (Å²) in [7, 11) is 1.33. The topological polar surface area (TPSA) is 73.2 Å². The van der Waals surface area contributed by atoms with Crippen molar-refractivity contribution in [2.75, 3.05) is 13.7 Å². The van der Waals surface area contributed by atoms with Crippen molar-refractivity contribution in [1.82, 2.24) is 15.1 Å². The number of ether oxygens (including phenoxy) is 1. The maximum atomic E-state index is 12.2. The van der Waals surface area contributed by atoms with Gasteiger partial charge in [0.15, 0.2) is 5.69 Å². The molecule has 1 N–H and O–H groups in total. The number of aromatic nitrogens is 2. The molecule has 1 atom stereocenters. The van der Waals surface area contributed by atoms with E-state index in [2.05, 4.69) is 15.2 Å². The van der Waals surface area contributed by atoms with Crippen molar-refractivity contribution in [2.24, 2.45) is 5.92 Å². The Labute approximate surface area is 135 Å². The molecule has 6 nitrogen and oxygen atoms in total. The lowest BCUT2D eigenvalue weighted by atomic mass is 10.2. The Bertz CT molecular complexity index is 704. The summed E-state index contributed by atoms with van der Waals surface area (Å²) in [6.45, 7) is 5.81. The molecule has 1 unspecified atom stereocenters. The van der Waals surface area contributed by atoms with Crippen molar-refractivity contribution in [1.29, 1.82) is 0 Å². The van der Waals surface area contributed by atoms with E-state index >= 15 is 0 Å². The van der Waals surface area contributed by atoms with Gasteiger partial charge in [0.05, 0.1) is 18.7 Å². The van der Waals surface area contributed by atoms with E-state index in [1.54, 1.807) is 17.7 Å². The predicted molar refractivity (Wildman–Crippen MR) is 86.6 cm³/mol. The second-order valence-electron chi connectivity index (χ2n) is 5.55. The number of carbonyl (C=O) groups excluding carboxylic acids is 2. The number of rotatable bonds is 5. The van der Waals surface area contributed by atoms with Gasteiger partial charge in [-0.05, 0) is 32.0 Å². The lowest BCUT2D eigenvalue weighted by Gasteiger charge is -2.09. The fourth-order valence-corrected chi connectivity index (χ4v) is 2.15. The highest BCUT2D eigenvalue weighted by Gasteiger charge is 2.17. The van der Waals surface area contributed by atoms with E-state index in [0.29, 0.717) is 5.69 Å². The number of methoxy groups -OCH3 is 1. The molecule has 1 amide bonds. The standard InChI is InChI=1S/C17H21N3O3/c1-11-5-7-14(8-6-11)20-13(3)9-15(19-20)16(21)18-10-12(2)17(22)23-4/h5-9,12H,10H2,1-4H3,(H,18,21). The zero-order valence-corrected chi connectivity index (χ0v) is 13.8. The molecular formula is C17H21N3O3. The van der Waals surface area contributed by atoms with Gasteiger partial charge in [0, 0.05) is 12.2 Å². The molecule has 0 fully saturated rings. The van der Waals surface area contributed by atoms with Crippen LogP contribution in [0.2, 0.25) is 0 Å². The van der Waals surface area contributed by atoms with Crippen LogP contribution < -0.4 is 5.32 Å². The van der Waals surface area contributed by atoms with Gasteiger partial charge in [0.1, 0.15) is 0 Å². The Morgan fingerprint density at radius 3 is 2.52 bits per heavy atom. The largest absolute Gasteiger partial charge is 0.469 e. The first-order chi connectivity index (χ1) is 10.9. The molecule has 0 aliphatic rings. The zero-order valence-electron chi connectivity index (χ0n) is 13.8. The van der Waals surface area contributed by atoms with Crippen molar-refractivity contribution in [3.63, 3.8) is 0 Å². The second-order valence-corrected chi connectivity index (χ2v) is 5.55. The fourth-order valence-electron chi connectivity index (χ4n) is 2.15. The minimum atomic E-state index is -0.399. The van der Waals surface area contributed by atoms with Gasteiger partial charge in [-0.2, -0.15) is 5.10 Å². The van der Waals surface area contributed by atoms with Crippen molar-refractivity contribution < 1.29 is 14.3 Å². The summed E-state index contributed by atoms with van der Waals surface area (Å²) >= 11 is 0. The van der Waals surface area contributed by atoms with Crippen LogP contribution in [0, 0.1) is 19.8 Å². The highest BCUT2D eigenvalue weighted by atomic mass is 16.5. The minimum Gasteiger partial charge on any atom is -0.469 e. The van der Waals surface area contributed by atoms with Crippen LogP contribution in [-0.2, 0) is 9.53 Å². The average molecular weight is 315 g/mol. The number of esters is 1. The fraction of sp³-hybridized carbons (Fsp3) is 0.353. The Balaban J connectivity index is 2.09. The number of nitrogens with one attached hydrogen (secondary N) is 1.